The van der Waals surface area contributed by atoms with Gasteiger partial charge >= 0.3 is 0 Å². The van der Waals surface area contributed by atoms with Gasteiger partial charge < -0.3 is 15.3 Å². The summed E-state index contributed by atoms with van der Waals surface area (Å²) < 4.78 is 0. The fraction of sp³-hybridized carbons (Fsp3) is 0.680. The van der Waals surface area contributed by atoms with E-state index in [9.17, 15) is 14.7 Å². The maximum atomic E-state index is 13.7. The minimum absolute atomic E-state index is 0.106. The van der Waals surface area contributed by atoms with Crippen LogP contribution >= 0.6 is 0 Å². The van der Waals surface area contributed by atoms with Crippen LogP contribution in [0.1, 0.15) is 76.3 Å². The molecule has 1 heterocycles. The van der Waals surface area contributed by atoms with Crippen LogP contribution in [0.4, 0.5) is 0 Å². The van der Waals surface area contributed by atoms with Gasteiger partial charge in [-0.15, -0.1) is 0 Å². The number of nitrogens with one attached hydrogen (secondary N) is 2. The normalized spacial score (nSPS) is 24.2. The fourth-order valence-electron chi connectivity index (χ4n) is 5.35. The Morgan fingerprint density at radius 1 is 1.19 bits per heavy atom. The number of aliphatic hydroxyl groups excluding tert-OH is 1. The van der Waals surface area contributed by atoms with Crippen molar-refractivity contribution in [3.63, 3.8) is 0 Å². The molecule has 0 aromatic heterocycles. The van der Waals surface area contributed by atoms with Crippen LogP contribution in [0, 0.1) is 11.8 Å². The van der Waals surface area contributed by atoms with Crippen LogP contribution in [0.2, 0.25) is 0 Å². The first-order chi connectivity index (χ1) is 15.3. The van der Waals surface area contributed by atoms with Gasteiger partial charge in [0.25, 0.3) is 5.91 Å². The van der Waals surface area contributed by atoms with Crippen molar-refractivity contribution in [3.8, 4) is 0 Å². The zero-order valence-corrected chi connectivity index (χ0v) is 19.6. The van der Waals surface area contributed by atoms with E-state index in [0.717, 1.165) is 5.56 Å². The Morgan fingerprint density at radius 2 is 1.84 bits per heavy atom. The van der Waals surface area contributed by atoms with Gasteiger partial charge in [-0.05, 0) is 49.1 Å². The molecule has 0 spiro atoms. The van der Waals surface area contributed by atoms with Crippen LogP contribution < -0.4 is 10.8 Å². The highest BCUT2D eigenvalue weighted by molar-refractivity contribution is 5.89. The number of carbonyl (C=O) groups is 2. The molecule has 2 fully saturated rings. The molecule has 1 aliphatic carbocycles. The highest BCUT2D eigenvalue weighted by atomic mass is 16.5. The van der Waals surface area contributed by atoms with Crippen LogP contribution in [0.15, 0.2) is 24.3 Å². The molecule has 1 saturated carbocycles. The van der Waals surface area contributed by atoms with Crippen molar-refractivity contribution in [2.45, 2.75) is 76.9 Å². The van der Waals surface area contributed by atoms with Gasteiger partial charge in [-0.1, -0.05) is 57.4 Å². The molecule has 4 N–H and O–H groups in total. The van der Waals surface area contributed by atoms with Crippen molar-refractivity contribution in [3.05, 3.63) is 35.4 Å². The number of hydrogen-bond donors (Lipinski definition) is 4. The minimum atomic E-state index is -1.59. The fourth-order valence-corrected chi connectivity index (χ4v) is 5.35. The predicted molar refractivity (Wildman–Crippen MR) is 123 cm³/mol. The molecule has 2 aliphatic rings. The molecule has 0 unspecified atom stereocenters. The number of rotatable bonds is 7. The highest BCUT2D eigenvalue weighted by Gasteiger charge is 2.44. The van der Waals surface area contributed by atoms with Gasteiger partial charge in [0.1, 0.15) is 6.10 Å². The lowest BCUT2D eigenvalue weighted by molar-refractivity contribution is -0.155. The second-order valence-electron chi connectivity index (χ2n) is 10.1. The molecule has 7 heteroatoms. The van der Waals surface area contributed by atoms with Crippen molar-refractivity contribution in [2.24, 2.45) is 11.8 Å². The molecular formula is C25H39N3O4. The minimum Gasteiger partial charge on any atom is -0.382 e. The maximum Gasteiger partial charge on any atom is 0.272 e. The smallest absolute Gasteiger partial charge is 0.272 e. The molecule has 1 aromatic rings. The second-order valence-corrected chi connectivity index (χ2v) is 10.1. The van der Waals surface area contributed by atoms with Gasteiger partial charge in [-0.2, -0.15) is 0 Å². The van der Waals surface area contributed by atoms with Crippen molar-refractivity contribution in [2.75, 3.05) is 19.6 Å². The van der Waals surface area contributed by atoms with Crippen LogP contribution in [0.25, 0.3) is 0 Å². The molecule has 0 bridgehead atoms. The Morgan fingerprint density at radius 3 is 2.44 bits per heavy atom. The third-order valence-electron chi connectivity index (χ3n) is 7.25. The van der Waals surface area contributed by atoms with Crippen molar-refractivity contribution in [1.29, 1.82) is 0 Å². The van der Waals surface area contributed by atoms with Crippen molar-refractivity contribution >= 4 is 11.8 Å². The zero-order chi connectivity index (χ0) is 23.3. The van der Waals surface area contributed by atoms with E-state index in [1.807, 2.05) is 20.8 Å². The van der Waals surface area contributed by atoms with Crippen LogP contribution in [0.3, 0.4) is 0 Å². The van der Waals surface area contributed by atoms with Gasteiger partial charge in [-0.3, -0.25) is 14.8 Å². The number of hydroxylamine groups is 1. The number of amides is 2. The molecule has 3 rings (SSSR count). The third-order valence-corrected chi connectivity index (χ3v) is 7.25. The molecule has 0 radical (unpaired) electrons. The van der Waals surface area contributed by atoms with E-state index in [1.54, 1.807) is 4.90 Å². The Balaban J connectivity index is 1.86. The lowest BCUT2D eigenvalue weighted by Gasteiger charge is -2.47. The van der Waals surface area contributed by atoms with Gasteiger partial charge in [0.2, 0.25) is 5.91 Å². The second kappa shape index (κ2) is 10.8. The summed E-state index contributed by atoms with van der Waals surface area (Å²) in [4.78, 5) is 27.4. The average Bonchev–Trinajstić information content (AvgIpc) is 2.82. The number of carbonyl (C=O) groups excluding carboxylic acids is 2. The van der Waals surface area contributed by atoms with E-state index in [0.29, 0.717) is 32.0 Å². The Kier molecular flexibility index (Phi) is 8.31. The molecule has 178 valence electrons. The summed E-state index contributed by atoms with van der Waals surface area (Å²) in [5, 5.41) is 22.9. The van der Waals surface area contributed by atoms with Gasteiger partial charge in [0, 0.05) is 19.6 Å². The summed E-state index contributed by atoms with van der Waals surface area (Å²) in [5.74, 6) is -1.39. The van der Waals surface area contributed by atoms with E-state index < -0.39 is 23.5 Å². The molecule has 1 aliphatic heterocycles. The standard InChI is InChI=1S/C25H39N3O4/c1-17(2)15-21(22(29)23(30)27-32)24(31)28-14-13-26-16-25(28,3)20-11-9-19(10-12-20)18-7-5-4-6-8-18/h9-12,17-18,21-22,26,29,32H,4-8,13-16H2,1-3H3,(H,27,30)/t21-,22-,25-/m0/s1. The Hall–Kier alpha value is -1.96. The predicted octanol–water partition coefficient (Wildman–Crippen LogP) is 2.91. The summed E-state index contributed by atoms with van der Waals surface area (Å²) in [6, 6.07) is 8.66. The summed E-state index contributed by atoms with van der Waals surface area (Å²) in [7, 11) is 0. The van der Waals surface area contributed by atoms with Gasteiger partial charge in [-0.25, -0.2) is 5.48 Å². The molecule has 7 nitrogen and oxygen atoms in total. The number of hydrogen-bond acceptors (Lipinski definition) is 5. The van der Waals surface area contributed by atoms with E-state index in [2.05, 4.69) is 29.6 Å². The molecule has 32 heavy (non-hydrogen) atoms. The van der Waals surface area contributed by atoms with Gasteiger partial charge in [0.05, 0.1) is 11.5 Å². The molecule has 3 atom stereocenters. The summed E-state index contributed by atoms with van der Waals surface area (Å²) in [6.07, 6.45) is 5.15. The van der Waals surface area contributed by atoms with E-state index in [-0.39, 0.29) is 11.8 Å². The number of nitrogens with zero attached hydrogens (tertiary/aromatic N) is 1. The third kappa shape index (κ3) is 5.33. The van der Waals surface area contributed by atoms with E-state index >= 15 is 0 Å². The maximum absolute atomic E-state index is 13.7. The van der Waals surface area contributed by atoms with Gasteiger partial charge in [0.15, 0.2) is 0 Å². The lowest BCUT2D eigenvalue weighted by atomic mass is 9.81. The topological polar surface area (TPSA) is 102 Å². The Labute approximate surface area is 191 Å². The van der Waals surface area contributed by atoms with E-state index in [4.69, 9.17) is 5.21 Å². The SMILES string of the molecule is CC(C)C[C@H](C(=O)N1CCNC[C@@]1(C)c1ccc(C2CCCCC2)cc1)[C@H](O)C(=O)NO. The average molecular weight is 446 g/mol. The molecular weight excluding hydrogens is 406 g/mol. The largest absolute Gasteiger partial charge is 0.382 e. The van der Waals surface area contributed by atoms with E-state index in [1.165, 1.54) is 43.1 Å². The first kappa shape index (κ1) is 24.7. The monoisotopic (exact) mass is 445 g/mol. The summed E-state index contributed by atoms with van der Waals surface area (Å²) in [5.41, 5.74) is 3.31. The zero-order valence-electron chi connectivity index (χ0n) is 19.6. The number of aliphatic hydroxyl groups is 1. The lowest BCUT2D eigenvalue weighted by Crippen LogP contribution is -2.62. The highest BCUT2D eigenvalue weighted by Crippen LogP contribution is 2.36. The molecule has 1 saturated heterocycles. The van der Waals surface area contributed by atoms with Crippen molar-refractivity contribution in [1.82, 2.24) is 15.7 Å². The van der Waals surface area contributed by atoms with Crippen molar-refractivity contribution < 1.29 is 19.9 Å². The quantitative estimate of drug-likeness (QED) is 0.382. The first-order valence-corrected chi connectivity index (χ1v) is 12.0. The first-order valence-electron chi connectivity index (χ1n) is 12.0. The van der Waals surface area contributed by atoms with Crippen LogP contribution in [0.5, 0.6) is 0 Å². The summed E-state index contributed by atoms with van der Waals surface area (Å²) >= 11 is 0. The summed E-state index contributed by atoms with van der Waals surface area (Å²) in [6.45, 7) is 7.67. The number of benzene rings is 1. The molecule has 1 aromatic carbocycles. The Bertz CT molecular complexity index is 776. The molecule has 2 amide bonds. The number of piperazine rings is 1. The van der Waals surface area contributed by atoms with Crippen LogP contribution in [-0.4, -0.2) is 52.8 Å². The van der Waals surface area contributed by atoms with Crippen LogP contribution in [-0.2, 0) is 15.1 Å².